The van der Waals surface area contributed by atoms with Crippen LogP contribution in [0, 0.1) is 5.92 Å². The molecule has 1 aromatic rings. The van der Waals surface area contributed by atoms with E-state index in [1.807, 2.05) is 6.07 Å². The minimum absolute atomic E-state index is 0.0169. The van der Waals surface area contributed by atoms with E-state index in [-0.39, 0.29) is 58.7 Å². The molecule has 0 aromatic heterocycles. The summed E-state index contributed by atoms with van der Waals surface area (Å²) in [7, 11) is -2.43. The lowest BCUT2D eigenvalue weighted by Gasteiger charge is -2.49. The number of allylic oxidation sites excluding steroid dienone is 1. The van der Waals surface area contributed by atoms with Crippen molar-refractivity contribution in [1.29, 1.82) is 0 Å². The summed E-state index contributed by atoms with van der Waals surface area (Å²) in [5.41, 5.74) is 1.86. The standard InChI is InChI=1S/C36H55NO6Si/c1-23(2)44(24(3)4,25(5)6)32-21-37(28(20-29(32)38)33-30(39)22-41-36(9,10)43-33)34(40)42-31-19-15-14-18-27(31)35(7,8)26-16-12-11-13-17-26/h11-13,16-17,21,23-25,27-28,31,33H,14-15,18-20,22H2,1-10H3/t27-,28-,31-,33-/m0/s1. The van der Waals surface area contributed by atoms with E-state index in [0.29, 0.717) is 0 Å². The summed E-state index contributed by atoms with van der Waals surface area (Å²) in [5.74, 6) is -1.13. The second kappa shape index (κ2) is 13.2. The molecule has 2 heterocycles. The van der Waals surface area contributed by atoms with Gasteiger partial charge >= 0.3 is 6.09 Å². The molecule has 44 heavy (non-hydrogen) atoms. The Hall–Kier alpha value is -2.29. The zero-order valence-corrected chi connectivity index (χ0v) is 29.6. The van der Waals surface area contributed by atoms with E-state index in [4.69, 9.17) is 14.2 Å². The summed E-state index contributed by atoms with van der Waals surface area (Å²) in [6.45, 7) is 21.1. The third-order valence-electron chi connectivity index (χ3n) is 10.9. The third kappa shape index (κ3) is 6.49. The molecule has 1 saturated carbocycles. The Labute approximate surface area is 266 Å². The normalized spacial score (nSPS) is 26.8. The van der Waals surface area contributed by atoms with Crippen LogP contribution in [0.4, 0.5) is 4.79 Å². The van der Waals surface area contributed by atoms with E-state index in [9.17, 15) is 14.4 Å². The Morgan fingerprint density at radius 3 is 2.16 bits per heavy atom. The molecule has 1 aliphatic carbocycles. The summed E-state index contributed by atoms with van der Waals surface area (Å²) < 4.78 is 18.2. The van der Waals surface area contributed by atoms with Crippen molar-refractivity contribution in [1.82, 2.24) is 4.90 Å². The van der Waals surface area contributed by atoms with Crippen molar-refractivity contribution in [2.45, 2.75) is 147 Å². The molecular formula is C36H55NO6Si. The second-order valence-corrected chi connectivity index (χ2v) is 21.0. The quantitative estimate of drug-likeness (QED) is 0.271. The molecule has 244 valence electrons. The Balaban J connectivity index is 1.77. The van der Waals surface area contributed by atoms with Crippen molar-refractivity contribution >= 4 is 25.7 Å². The predicted molar refractivity (Wildman–Crippen MR) is 176 cm³/mol. The molecular weight excluding hydrogens is 570 g/mol. The lowest BCUT2D eigenvalue weighted by Crippen LogP contribution is -2.60. The van der Waals surface area contributed by atoms with Gasteiger partial charge in [-0.15, -0.1) is 0 Å². The van der Waals surface area contributed by atoms with Gasteiger partial charge in [0, 0.05) is 18.5 Å². The van der Waals surface area contributed by atoms with E-state index >= 15 is 0 Å². The Bertz CT molecular complexity index is 1210. The zero-order valence-electron chi connectivity index (χ0n) is 28.6. The maximum absolute atomic E-state index is 14.5. The van der Waals surface area contributed by atoms with Gasteiger partial charge in [0.15, 0.2) is 17.4 Å². The molecule has 7 nitrogen and oxygen atoms in total. The molecule has 2 fully saturated rings. The molecule has 1 aromatic carbocycles. The second-order valence-electron chi connectivity index (χ2n) is 15.1. The molecule has 3 aliphatic rings. The number of benzene rings is 1. The number of carbonyl (C=O) groups is 3. The molecule has 0 spiro atoms. The maximum Gasteiger partial charge on any atom is 0.414 e. The largest absolute Gasteiger partial charge is 0.446 e. The van der Waals surface area contributed by atoms with Crippen LogP contribution in [0.1, 0.15) is 107 Å². The average molecular weight is 626 g/mol. The molecule has 1 saturated heterocycles. The van der Waals surface area contributed by atoms with Gasteiger partial charge in [0.1, 0.15) is 26.9 Å². The minimum Gasteiger partial charge on any atom is -0.446 e. The molecule has 4 rings (SSSR count). The fraction of sp³-hybridized carbons (Fsp3) is 0.694. The third-order valence-corrected chi connectivity index (χ3v) is 18.0. The van der Waals surface area contributed by atoms with Crippen LogP contribution in [0.25, 0.3) is 0 Å². The van der Waals surface area contributed by atoms with E-state index < -0.39 is 32.1 Å². The SMILES string of the molecule is CC(C)[Si](C1=CN(C(=O)O[C@H]2CCCC[C@@H]2C(C)(C)c2ccccc2)[C@H]([C@@H]2OC(C)(C)OCC2=O)CC1=O)(C(C)C)C(C)C. The van der Waals surface area contributed by atoms with Crippen molar-refractivity contribution in [3.05, 3.63) is 47.3 Å². The van der Waals surface area contributed by atoms with Crippen molar-refractivity contribution in [2.24, 2.45) is 5.92 Å². The molecule has 4 atom stereocenters. The summed E-state index contributed by atoms with van der Waals surface area (Å²) in [5, 5.41) is 0.772. The minimum atomic E-state index is -2.43. The van der Waals surface area contributed by atoms with Gasteiger partial charge in [0.05, 0.1) is 6.04 Å². The lowest BCUT2D eigenvalue weighted by atomic mass is 9.66. The fourth-order valence-electron chi connectivity index (χ4n) is 8.79. The van der Waals surface area contributed by atoms with E-state index in [2.05, 4.69) is 79.7 Å². The highest BCUT2D eigenvalue weighted by Crippen LogP contribution is 2.49. The van der Waals surface area contributed by atoms with Gasteiger partial charge < -0.3 is 14.2 Å². The summed E-state index contributed by atoms with van der Waals surface area (Å²) >= 11 is 0. The van der Waals surface area contributed by atoms with Crippen molar-refractivity contribution in [2.75, 3.05) is 6.61 Å². The van der Waals surface area contributed by atoms with Gasteiger partial charge in [-0.2, -0.15) is 0 Å². The zero-order chi connectivity index (χ0) is 32.6. The first-order chi connectivity index (χ1) is 20.5. The van der Waals surface area contributed by atoms with Gasteiger partial charge in [-0.1, -0.05) is 92.1 Å². The number of rotatable bonds is 8. The van der Waals surface area contributed by atoms with Gasteiger partial charge in [-0.3, -0.25) is 14.5 Å². The summed E-state index contributed by atoms with van der Waals surface area (Å²) in [4.78, 5) is 43.4. The first kappa shape index (κ1) is 34.6. The van der Waals surface area contributed by atoms with Crippen LogP contribution in [0.15, 0.2) is 41.7 Å². The molecule has 0 N–H and O–H groups in total. The molecule has 0 unspecified atom stereocenters. The summed E-state index contributed by atoms with van der Waals surface area (Å²) in [6.07, 6.45) is 3.86. The highest BCUT2D eigenvalue weighted by molar-refractivity contribution is 6.93. The first-order valence-electron chi connectivity index (χ1n) is 16.7. The lowest BCUT2D eigenvalue weighted by molar-refractivity contribution is -0.265. The predicted octanol–water partition coefficient (Wildman–Crippen LogP) is 8.13. The van der Waals surface area contributed by atoms with Crippen molar-refractivity contribution in [3.8, 4) is 0 Å². The Kier molecular flexibility index (Phi) is 10.4. The Morgan fingerprint density at radius 2 is 1.57 bits per heavy atom. The molecule has 0 bridgehead atoms. The topological polar surface area (TPSA) is 82.1 Å². The molecule has 2 aliphatic heterocycles. The number of ketones is 2. The van der Waals surface area contributed by atoms with Crippen LogP contribution in [0.3, 0.4) is 0 Å². The van der Waals surface area contributed by atoms with Crippen LogP contribution in [0.5, 0.6) is 0 Å². The van der Waals surface area contributed by atoms with Crippen LogP contribution in [-0.2, 0) is 29.2 Å². The highest BCUT2D eigenvalue weighted by Gasteiger charge is 2.54. The van der Waals surface area contributed by atoms with Crippen LogP contribution in [-0.4, -0.2) is 61.3 Å². The Morgan fingerprint density at radius 1 is 0.977 bits per heavy atom. The number of hydrogen-bond acceptors (Lipinski definition) is 6. The smallest absolute Gasteiger partial charge is 0.414 e. The average Bonchev–Trinajstić information content (AvgIpc) is 2.95. The molecule has 0 radical (unpaired) electrons. The monoisotopic (exact) mass is 625 g/mol. The van der Waals surface area contributed by atoms with Crippen molar-refractivity contribution in [3.63, 3.8) is 0 Å². The number of ether oxygens (including phenoxy) is 3. The van der Waals surface area contributed by atoms with Gasteiger partial charge in [0.2, 0.25) is 0 Å². The highest BCUT2D eigenvalue weighted by atomic mass is 28.3. The van der Waals surface area contributed by atoms with Gasteiger partial charge in [-0.05, 0) is 65.9 Å². The van der Waals surface area contributed by atoms with Crippen molar-refractivity contribution < 1.29 is 28.6 Å². The van der Waals surface area contributed by atoms with E-state index in [1.54, 1.807) is 24.9 Å². The van der Waals surface area contributed by atoms with E-state index in [0.717, 1.165) is 30.9 Å². The number of carbonyl (C=O) groups excluding carboxylic acids is 3. The maximum atomic E-state index is 14.5. The number of amides is 1. The van der Waals surface area contributed by atoms with Crippen LogP contribution < -0.4 is 0 Å². The molecule has 8 heteroatoms. The number of hydrogen-bond donors (Lipinski definition) is 0. The summed E-state index contributed by atoms with van der Waals surface area (Å²) in [6, 6.07) is 9.65. The van der Waals surface area contributed by atoms with Gasteiger partial charge in [0.25, 0.3) is 0 Å². The number of Topliss-reactive ketones (excluding diaryl/α,β-unsaturated/α-hetero) is 2. The van der Waals surface area contributed by atoms with Crippen LogP contribution >= 0.6 is 0 Å². The molecule has 1 amide bonds. The first-order valence-corrected chi connectivity index (χ1v) is 18.9. The van der Waals surface area contributed by atoms with Gasteiger partial charge in [-0.25, -0.2) is 4.79 Å². The van der Waals surface area contributed by atoms with Crippen LogP contribution in [0.2, 0.25) is 16.6 Å². The van der Waals surface area contributed by atoms with E-state index in [1.165, 1.54) is 5.56 Å². The fourth-order valence-corrected chi connectivity index (χ4v) is 15.6. The number of nitrogens with zero attached hydrogens (tertiary/aromatic N) is 1.